The monoisotopic (exact) mass is 357 g/mol. The summed E-state index contributed by atoms with van der Waals surface area (Å²) in [7, 11) is 0. The summed E-state index contributed by atoms with van der Waals surface area (Å²) >= 11 is 6.14. The van der Waals surface area contributed by atoms with Crippen LogP contribution < -0.4 is 16.6 Å². The van der Waals surface area contributed by atoms with E-state index < -0.39 is 11.2 Å². The quantitative estimate of drug-likeness (QED) is 0.751. The van der Waals surface area contributed by atoms with Gasteiger partial charge < -0.3 is 5.32 Å². The molecule has 1 amide bonds. The Morgan fingerprint density at radius 1 is 1.16 bits per heavy atom. The molecule has 1 atom stereocenters. The van der Waals surface area contributed by atoms with Gasteiger partial charge in [-0.05, 0) is 30.7 Å². The number of hydrogen-bond donors (Lipinski definition) is 2. The average Bonchev–Trinajstić information content (AvgIpc) is 2.59. The van der Waals surface area contributed by atoms with E-state index in [1.54, 1.807) is 30.3 Å². The highest BCUT2D eigenvalue weighted by Crippen LogP contribution is 2.22. The van der Waals surface area contributed by atoms with E-state index in [4.69, 9.17) is 11.6 Å². The summed E-state index contributed by atoms with van der Waals surface area (Å²) in [5.74, 6) is -0.355. The summed E-state index contributed by atoms with van der Waals surface area (Å²) in [6.45, 7) is 1.61. The molecule has 6 nitrogen and oxygen atoms in total. The van der Waals surface area contributed by atoms with Gasteiger partial charge in [0.25, 0.3) is 5.56 Å². The van der Waals surface area contributed by atoms with Gasteiger partial charge in [0.05, 0.1) is 16.9 Å². The predicted molar refractivity (Wildman–Crippen MR) is 96.8 cm³/mol. The van der Waals surface area contributed by atoms with E-state index in [0.717, 1.165) is 5.56 Å². The number of fused-ring (bicyclic) bond motifs is 1. The van der Waals surface area contributed by atoms with Gasteiger partial charge >= 0.3 is 5.69 Å². The van der Waals surface area contributed by atoms with Gasteiger partial charge in [0.15, 0.2) is 0 Å². The molecule has 0 bridgehead atoms. The van der Waals surface area contributed by atoms with Crippen molar-refractivity contribution in [1.29, 1.82) is 0 Å². The van der Waals surface area contributed by atoms with Gasteiger partial charge in [0.2, 0.25) is 5.91 Å². The number of aromatic amines is 1. The Morgan fingerprint density at radius 2 is 1.84 bits per heavy atom. The lowest BCUT2D eigenvalue weighted by molar-refractivity contribution is -0.122. The van der Waals surface area contributed by atoms with Crippen molar-refractivity contribution in [2.24, 2.45) is 0 Å². The van der Waals surface area contributed by atoms with E-state index in [0.29, 0.717) is 15.9 Å². The highest BCUT2D eigenvalue weighted by Gasteiger charge is 2.15. The first-order valence-corrected chi connectivity index (χ1v) is 8.11. The van der Waals surface area contributed by atoms with Crippen molar-refractivity contribution in [3.8, 4) is 0 Å². The summed E-state index contributed by atoms with van der Waals surface area (Å²) in [5.41, 5.74) is 0.110. The van der Waals surface area contributed by atoms with E-state index in [9.17, 15) is 14.4 Å². The molecule has 3 rings (SSSR count). The summed E-state index contributed by atoms with van der Waals surface area (Å²) in [4.78, 5) is 38.6. The Bertz CT molecular complexity index is 1060. The van der Waals surface area contributed by atoms with Crippen LogP contribution in [0.3, 0.4) is 0 Å². The zero-order chi connectivity index (χ0) is 18.0. The third kappa shape index (κ3) is 3.49. The number of rotatable bonds is 4. The molecule has 7 heteroatoms. The van der Waals surface area contributed by atoms with Crippen LogP contribution in [0.25, 0.3) is 10.9 Å². The zero-order valence-electron chi connectivity index (χ0n) is 13.5. The van der Waals surface area contributed by atoms with Gasteiger partial charge in [-0.3, -0.25) is 19.1 Å². The number of benzene rings is 2. The molecule has 3 aromatic rings. The Kier molecular flexibility index (Phi) is 4.72. The molecular weight excluding hydrogens is 342 g/mol. The smallest absolute Gasteiger partial charge is 0.329 e. The van der Waals surface area contributed by atoms with Gasteiger partial charge in [0.1, 0.15) is 6.54 Å². The first kappa shape index (κ1) is 17.0. The van der Waals surface area contributed by atoms with Crippen LogP contribution in [0.2, 0.25) is 5.02 Å². The second-order valence-corrected chi connectivity index (χ2v) is 6.08. The normalized spacial score (nSPS) is 12.1. The third-order valence-corrected chi connectivity index (χ3v) is 4.30. The molecule has 2 aromatic carbocycles. The second-order valence-electron chi connectivity index (χ2n) is 5.67. The van der Waals surface area contributed by atoms with Crippen LogP contribution in [0.4, 0.5) is 0 Å². The molecule has 0 radical (unpaired) electrons. The lowest BCUT2D eigenvalue weighted by atomic mass is 10.1. The topological polar surface area (TPSA) is 84.0 Å². The van der Waals surface area contributed by atoms with Crippen molar-refractivity contribution in [2.45, 2.75) is 19.5 Å². The predicted octanol–water partition coefficient (Wildman–Crippen LogP) is 2.22. The van der Waals surface area contributed by atoms with Crippen LogP contribution in [0, 0.1) is 0 Å². The van der Waals surface area contributed by atoms with Gasteiger partial charge in [-0.15, -0.1) is 0 Å². The fourth-order valence-corrected chi connectivity index (χ4v) is 3.03. The number of amides is 1. The maximum absolute atomic E-state index is 12.4. The maximum atomic E-state index is 12.4. The highest BCUT2D eigenvalue weighted by atomic mass is 35.5. The van der Waals surface area contributed by atoms with Crippen molar-refractivity contribution in [3.63, 3.8) is 0 Å². The van der Waals surface area contributed by atoms with E-state index >= 15 is 0 Å². The molecule has 0 spiro atoms. The van der Waals surface area contributed by atoms with Crippen LogP contribution in [-0.4, -0.2) is 15.5 Å². The fourth-order valence-electron chi connectivity index (χ4n) is 2.73. The van der Waals surface area contributed by atoms with Crippen molar-refractivity contribution in [2.75, 3.05) is 0 Å². The van der Waals surface area contributed by atoms with Crippen molar-refractivity contribution >= 4 is 28.4 Å². The number of nitrogens with one attached hydrogen (secondary N) is 2. The number of carbonyl (C=O) groups is 1. The van der Waals surface area contributed by atoms with E-state index in [2.05, 4.69) is 10.3 Å². The van der Waals surface area contributed by atoms with Gasteiger partial charge in [0, 0.05) is 5.02 Å². The Hall–Kier alpha value is -2.86. The van der Waals surface area contributed by atoms with E-state index in [-0.39, 0.29) is 18.5 Å². The standard InChI is InChI=1S/C18H16ClN3O3/c1-11(12-6-2-4-8-14(12)19)20-16(23)10-22-15-9-5-3-7-13(15)17(24)21-18(22)25/h2-9,11H,10H2,1H3,(H,20,23)(H,21,24,25)/t11-/m1/s1. The molecule has 0 saturated carbocycles. The molecule has 25 heavy (non-hydrogen) atoms. The second kappa shape index (κ2) is 6.94. The summed E-state index contributed by atoms with van der Waals surface area (Å²) < 4.78 is 1.24. The number of hydrogen-bond acceptors (Lipinski definition) is 3. The van der Waals surface area contributed by atoms with Crippen LogP contribution in [0.15, 0.2) is 58.1 Å². The third-order valence-electron chi connectivity index (χ3n) is 3.96. The number of nitrogens with zero attached hydrogens (tertiary/aromatic N) is 1. The van der Waals surface area contributed by atoms with Crippen LogP contribution in [0.1, 0.15) is 18.5 Å². The highest BCUT2D eigenvalue weighted by molar-refractivity contribution is 6.31. The average molecular weight is 358 g/mol. The minimum absolute atomic E-state index is 0.203. The number of carbonyl (C=O) groups excluding carboxylic acids is 1. The minimum Gasteiger partial charge on any atom is -0.348 e. The molecule has 1 aromatic heterocycles. The van der Waals surface area contributed by atoms with Gasteiger partial charge in [-0.25, -0.2) is 4.79 Å². The first-order chi connectivity index (χ1) is 12.0. The Labute approximate surface area is 148 Å². The van der Waals surface area contributed by atoms with E-state index in [1.165, 1.54) is 4.57 Å². The molecule has 1 heterocycles. The summed E-state index contributed by atoms with van der Waals surface area (Å²) in [6, 6.07) is 13.6. The van der Waals surface area contributed by atoms with Crippen LogP contribution in [-0.2, 0) is 11.3 Å². The molecular formula is C18H16ClN3O3. The zero-order valence-corrected chi connectivity index (χ0v) is 14.2. The van der Waals surface area contributed by atoms with Crippen molar-refractivity contribution in [3.05, 3.63) is 80.0 Å². The lowest BCUT2D eigenvalue weighted by Gasteiger charge is -2.16. The molecule has 0 unspecified atom stereocenters. The molecule has 0 fully saturated rings. The number of para-hydroxylation sites is 1. The van der Waals surface area contributed by atoms with E-state index in [1.807, 2.05) is 25.1 Å². The molecule has 0 aliphatic carbocycles. The molecule has 2 N–H and O–H groups in total. The number of H-pyrrole nitrogens is 1. The summed E-state index contributed by atoms with van der Waals surface area (Å²) in [6.07, 6.45) is 0. The molecule has 0 aliphatic heterocycles. The largest absolute Gasteiger partial charge is 0.348 e. The first-order valence-electron chi connectivity index (χ1n) is 7.73. The molecule has 0 aliphatic rings. The fraction of sp³-hybridized carbons (Fsp3) is 0.167. The molecule has 128 valence electrons. The molecule has 0 saturated heterocycles. The maximum Gasteiger partial charge on any atom is 0.329 e. The van der Waals surface area contributed by atoms with Crippen molar-refractivity contribution < 1.29 is 4.79 Å². The number of aromatic nitrogens is 2. The summed E-state index contributed by atoms with van der Waals surface area (Å²) in [5, 5.41) is 3.73. The minimum atomic E-state index is -0.621. The Morgan fingerprint density at radius 3 is 2.60 bits per heavy atom. The van der Waals surface area contributed by atoms with Crippen molar-refractivity contribution in [1.82, 2.24) is 14.9 Å². The van der Waals surface area contributed by atoms with Gasteiger partial charge in [-0.2, -0.15) is 0 Å². The SMILES string of the molecule is C[C@@H](NC(=O)Cn1c(=O)[nH]c(=O)c2ccccc21)c1ccccc1Cl. The number of halogens is 1. The van der Waals surface area contributed by atoms with Crippen LogP contribution in [0.5, 0.6) is 0 Å². The van der Waals surface area contributed by atoms with Crippen LogP contribution >= 0.6 is 11.6 Å². The Balaban J connectivity index is 1.87. The van der Waals surface area contributed by atoms with Gasteiger partial charge in [-0.1, -0.05) is 41.9 Å². The lowest BCUT2D eigenvalue weighted by Crippen LogP contribution is -2.37.